The summed E-state index contributed by atoms with van der Waals surface area (Å²) in [6, 6.07) is 26.5. The maximum Gasteiger partial charge on any atom is 0.262 e. The molecule has 0 aliphatic rings. The summed E-state index contributed by atoms with van der Waals surface area (Å²) < 4.78 is 44.3. The SMILES string of the molecule is COc1ccc(NS(=O)(=O)c2ccc(OCC(=O)Nc3ccccc3Oc3ccccc3)cc2)cc1Cl. The molecule has 0 saturated heterocycles. The van der Waals surface area contributed by atoms with Gasteiger partial charge in [0.1, 0.15) is 17.2 Å². The Morgan fingerprint density at radius 2 is 1.54 bits per heavy atom. The lowest BCUT2D eigenvalue weighted by Gasteiger charge is -2.13. The Hall–Kier alpha value is -4.21. The number of nitrogens with one attached hydrogen (secondary N) is 2. The van der Waals surface area contributed by atoms with Gasteiger partial charge in [-0.3, -0.25) is 9.52 Å². The lowest BCUT2D eigenvalue weighted by molar-refractivity contribution is -0.118. The van der Waals surface area contributed by atoms with Crippen molar-refractivity contribution in [3.05, 3.63) is 102 Å². The first-order valence-corrected chi connectivity index (χ1v) is 12.9. The Balaban J connectivity index is 1.34. The van der Waals surface area contributed by atoms with Gasteiger partial charge in [-0.2, -0.15) is 0 Å². The predicted octanol–water partition coefficient (Wildman–Crippen LogP) is 5.96. The van der Waals surface area contributed by atoms with Crippen molar-refractivity contribution in [3.8, 4) is 23.0 Å². The van der Waals surface area contributed by atoms with Crippen LogP contribution >= 0.6 is 11.6 Å². The second-order valence-electron chi connectivity index (χ2n) is 7.67. The van der Waals surface area contributed by atoms with Gasteiger partial charge in [-0.25, -0.2) is 8.42 Å². The average molecular weight is 539 g/mol. The summed E-state index contributed by atoms with van der Waals surface area (Å²) in [6.07, 6.45) is 0. The van der Waals surface area contributed by atoms with Crippen LogP contribution in [-0.4, -0.2) is 28.0 Å². The summed E-state index contributed by atoms with van der Waals surface area (Å²) in [7, 11) is -2.40. The molecule has 10 heteroatoms. The number of ether oxygens (including phenoxy) is 3. The van der Waals surface area contributed by atoms with Crippen LogP contribution in [0.3, 0.4) is 0 Å². The van der Waals surface area contributed by atoms with E-state index in [-0.39, 0.29) is 16.5 Å². The molecule has 37 heavy (non-hydrogen) atoms. The monoisotopic (exact) mass is 538 g/mol. The van der Waals surface area contributed by atoms with Gasteiger partial charge in [0, 0.05) is 0 Å². The standard InChI is InChI=1S/C27H23ClN2O6S/c1-34-25-16-11-19(17-23(25)28)30-37(32,33)22-14-12-20(13-15-22)35-18-27(31)29-24-9-5-6-10-26(24)36-21-7-3-2-4-8-21/h2-17,30H,18H2,1H3,(H,29,31). The van der Waals surface area contributed by atoms with E-state index in [0.717, 1.165) is 0 Å². The van der Waals surface area contributed by atoms with Gasteiger partial charge >= 0.3 is 0 Å². The number of anilines is 2. The summed E-state index contributed by atoms with van der Waals surface area (Å²) in [5, 5.41) is 3.04. The first-order valence-electron chi connectivity index (χ1n) is 11.0. The fourth-order valence-electron chi connectivity index (χ4n) is 3.27. The number of halogens is 1. The predicted molar refractivity (Wildman–Crippen MR) is 142 cm³/mol. The van der Waals surface area contributed by atoms with Crippen molar-refractivity contribution in [3.63, 3.8) is 0 Å². The molecule has 0 fully saturated rings. The molecule has 1 amide bonds. The van der Waals surface area contributed by atoms with Crippen LogP contribution in [0, 0.1) is 0 Å². The lowest BCUT2D eigenvalue weighted by Crippen LogP contribution is -2.20. The quantitative estimate of drug-likeness (QED) is 0.258. The second kappa shape index (κ2) is 11.7. The van der Waals surface area contributed by atoms with Crippen molar-refractivity contribution < 1.29 is 27.4 Å². The third-order valence-corrected chi connectivity index (χ3v) is 6.73. The fourth-order valence-corrected chi connectivity index (χ4v) is 4.58. The zero-order chi connectivity index (χ0) is 26.3. The van der Waals surface area contributed by atoms with Gasteiger partial charge < -0.3 is 19.5 Å². The number of sulfonamides is 1. The van der Waals surface area contributed by atoms with Crippen LogP contribution in [0.15, 0.2) is 102 Å². The molecular formula is C27H23ClN2O6S. The minimum absolute atomic E-state index is 0.0169. The van der Waals surface area contributed by atoms with Crippen molar-refractivity contribution in [2.75, 3.05) is 23.8 Å². The van der Waals surface area contributed by atoms with Crippen LogP contribution in [0.25, 0.3) is 0 Å². The normalized spacial score (nSPS) is 10.9. The van der Waals surface area contributed by atoms with Crippen molar-refractivity contribution in [2.45, 2.75) is 4.90 Å². The molecule has 2 N–H and O–H groups in total. The highest BCUT2D eigenvalue weighted by Crippen LogP contribution is 2.30. The molecule has 0 aliphatic heterocycles. The highest BCUT2D eigenvalue weighted by Gasteiger charge is 2.16. The number of para-hydroxylation sites is 3. The Bertz CT molecular complexity index is 1480. The van der Waals surface area contributed by atoms with Crippen LogP contribution in [0.5, 0.6) is 23.0 Å². The number of methoxy groups -OCH3 is 1. The third kappa shape index (κ3) is 6.93. The summed E-state index contributed by atoms with van der Waals surface area (Å²) in [5.74, 6) is 1.49. The van der Waals surface area contributed by atoms with E-state index in [4.69, 9.17) is 25.8 Å². The van der Waals surface area contributed by atoms with Gasteiger partial charge in [-0.1, -0.05) is 41.9 Å². The number of carbonyl (C=O) groups is 1. The van der Waals surface area contributed by atoms with E-state index in [0.29, 0.717) is 34.4 Å². The maximum atomic E-state index is 12.7. The van der Waals surface area contributed by atoms with Crippen LogP contribution in [-0.2, 0) is 14.8 Å². The Morgan fingerprint density at radius 1 is 0.838 bits per heavy atom. The number of hydrogen-bond acceptors (Lipinski definition) is 6. The molecule has 4 aromatic rings. The van der Waals surface area contributed by atoms with Crippen LogP contribution in [0.2, 0.25) is 5.02 Å². The zero-order valence-corrected chi connectivity index (χ0v) is 21.3. The van der Waals surface area contributed by atoms with Crippen LogP contribution in [0.4, 0.5) is 11.4 Å². The van der Waals surface area contributed by atoms with E-state index in [1.54, 1.807) is 36.4 Å². The van der Waals surface area contributed by atoms with Gasteiger partial charge in [-0.05, 0) is 66.7 Å². The van der Waals surface area contributed by atoms with E-state index in [2.05, 4.69) is 10.0 Å². The van der Waals surface area contributed by atoms with Gasteiger partial charge in [0.2, 0.25) is 0 Å². The smallest absolute Gasteiger partial charge is 0.262 e. The van der Waals surface area contributed by atoms with Gasteiger partial charge in [0.15, 0.2) is 12.4 Å². The molecule has 0 aromatic heterocycles. The highest BCUT2D eigenvalue weighted by molar-refractivity contribution is 7.92. The van der Waals surface area contributed by atoms with E-state index < -0.39 is 15.9 Å². The second-order valence-corrected chi connectivity index (χ2v) is 9.76. The summed E-state index contributed by atoms with van der Waals surface area (Å²) in [4.78, 5) is 12.5. The van der Waals surface area contributed by atoms with Crippen LogP contribution in [0.1, 0.15) is 0 Å². The maximum absolute atomic E-state index is 12.7. The Labute approximate surface area is 219 Å². The molecule has 8 nitrogen and oxygen atoms in total. The molecule has 0 spiro atoms. The van der Waals surface area contributed by atoms with Crippen molar-refractivity contribution in [2.24, 2.45) is 0 Å². The molecule has 0 saturated carbocycles. The molecule has 0 unspecified atom stereocenters. The molecule has 190 valence electrons. The summed E-state index contributed by atoms with van der Waals surface area (Å²) in [5.41, 5.74) is 0.783. The van der Waals surface area contributed by atoms with Crippen LogP contribution < -0.4 is 24.2 Å². The van der Waals surface area contributed by atoms with E-state index >= 15 is 0 Å². The molecule has 0 heterocycles. The fraction of sp³-hybridized carbons (Fsp3) is 0.0741. The molecule has 0 atom stereocenters. The number of hydrogen-bond donors (Lipinski definition) is 2. The van der Waals surface area contributed by atoms with Gasteiger partial charge in [-0.15, -0.1) is 0 Å². The van der Waals surface area contributed by atoms with E-state index in [1.165, 1.54) is 37.4 Å². The molecular weight excluding hydrogens is 516 g/mol. The number of rotatable bonds is 10. The minimum Gasteiger partial charge on any atom is -0.495 e. The molecule has 4 rings (SSSR count). The first kappa shape index (κ1) is 25.9. The van der Waals surface area contributed by atoms with E-state index in [1.807, 2.05) is 30.3 Å². The largest absolute Gasteiger partial charge is 0.495 e. The van der Waals surface area contributed by atoms with E-state index in [9.17, 15) is 13.2 Å². The third-order valence-electron chi connectivity index (χ3n) is 5.04. The summed E-state index contributed by atoms with van der Waals surface area (Å²) in [6.45, 7) is -0.283. The Morgan fingerprint density at radius 3 is 2.24 bits per heavy atom. The van der Waals surface area contributed by atoms with Crippen molar-refractivity contribution >= 4 is 38.9 Å². The molecule has 0 radical (unpaired) electrons. The van der Waals surface area contributed by atoms with Gasteiger partial charge in [0.25, 0.3) is 15.9 Å². The lowest BCUT2D eigenvalue weighted by atomic mass is 10.3. The highest BCUT2D eigenvalue weighted by atomic mass is 35.5. The topological polar surface area (TPSA) is 103 Å². The molecule has 0 bridgehead atoms. The number of benzene rings is 4. The summed E-state index contributed by atoms with van der Waals surface area (Å²) >= 11 is 6.07. The minimum atomic E-state index is -3.87. The Kier molecular flexibility index (Phi) is 8.17. The average Bonchev–Trinajstić information content (AvgIpc) is 2.89. The van der Waals surface area contributed by atoms with Crippen molar-refractivity contribution in [1.29, 1.82) is 0 Å². The number of carbonyl (C=O) groups excluding carboxylic acids is 1. The molecule has 0 aliphatic carbocycles. The first-order chi connectivity index (χ1) is 17.8. The molecule has 4 aromatic carbocycles. The zero-order valence-electron chi connectivity index (χ0n) is 19.7. The number of amides is 1. The van der Waals surface area contributed by atoms with Crippen molar-refractivity contribution in [1.82, 2.24) is 0 Å². The van der Waals surface area contributed by atoms with Gasteiger partial charge in [0.05, 0.1) is 28.4 Å².